The summed E-state index contributed by atoms with van der Waals surface area (Å²) in [5.41, 5.74) is 2.65. The Bertz CT molecular complexity index is 101. The molecule has 0 amide bonds. The molecular formula is C7H15NO. The van der Waals surface area contributed by atoms with Crippen molar-refractivity contribution in [1.29, 1.82) is 0 Å². The van der Waals surface area contributed by atoms with Crippen LogP contribution in [0.15, 0.2) is 0 Å². The molecule has 9 heavy (non-hydrogen) atoms. The summed E-state index contributed by atoms with van der Waals surface area (Å²) in [7, 11) is 0. The molecule has 0 aromatic heterocycles. The monoisotopic (exact) mass is 129 g/mol. The molecule has 1 atom stereocenters. The lowest BCUT2D eigenvalue weighted by Gasteiger charge is -2.24. The van der Waals surface area contributed by atoms with Gasteiger partial charge in [0.25, 0.3) is 0 Å². The van der Waals surface area contributed by atoms with E-state index in [1.807, 2.05) is 0 Å². The molecule has 2 N–H and O–H groups in total. The van der Waals surface area contributed by atoms with E-state index in [-0.39, 0.29) is 0 Å². The highest BCUT2D eigenvalue weighted by Gasteiger charge is 2.33. The van der Waals surface area contributed by atoms with Gasteiger partial charge in [0.05, 0.1) is 0 Å². The Morgan fingerprint density at radius 3 is 2.44 bits per heavy atom. The van der Waals surface area contributed by atoms with Crippen molar-refractivity contribution < 1.29 is 5.21 Å². The van der Waals surface area contributed by atoms with E-state index in [0.717, 1.165) is 6.42 Å². The summed E-state index contributed by atoms with van der Waals surface area (Å²) in [5.74, 6) is 0. The average molecular weight is 129 g/mol. The first-order valence-corrected chi connectivity index (χ1v) is 3.56. The molecule has 2 heteroatoms. The molecule has 1 saturated carbocycles. The maximum atomic E-state index is 8.65. The quantitative estimate of drug-likeness (QED) is 0.526. The van der Waals surface area contributed by atoms with Crippen molar-refractivity contribution in [2.75, 3.05) is 0 Å². The molecule has 1 aliphatic rings. The van der Waals surface area contributed by atoms with E-state index < -0.39 is 0 Å². The zero-order valence-corrected chi connectivity index (χ0v) is 6.15. The Morgan fingerprint density at radius 1 is 1.56 bits per heavy atom. The third kappa shape index (κ3) is 1.25. The van der Waals surface area contributed by atoms with Crippen LogP contribution in [0.25, 0.3) is 0 Å². The number of nitrogens with one attached hydrogen (secondary N) is 1. The summed E-state index contributed by atoms with van der Waals surface area (Å²) in [6.07, 6.45) is 3.58. The van der Waals surface area contributed by atoms with Gasteiger partial charge in [-0.3, -0.25) is 0 Å². The van der Waals surface area contributed by atoms with Gasteiger partial charge in [-0.05, 0) is 18.3 Å². The van der Waals surface area contributed by atoms with Crippen molar-refractivity contribution in [2.24, 2.45) is 5.41 Å². The van der Waals surface area contributed by atoms with Gasteiger partial charge in [0.15, 0.2) is 0 Å². The highest BCUT2D eigenvalue weighted by molar-refractivity contribution is 4.87. The summed E-state index contributed by atoms with van der Waals surface area (Å²) in [4.78, 5) is 0. The first-order chi connectivity index (χ1) is 4.17. The highest BCUT2D eigenvalue weighted by atomic mass is 16.5. The molecular weight excluding hydrogens is 114 g/mol. The van der Waals surface area contributed by atoms with Crippen molar-refractivity contribution in [2.45, 2.75) is 39.2 Å². The van der Waals surface area contributed by atoms with Crippen LogP contribution >= 0.6 is 0 Å². The van der Waals surface area contributed by atoms with Gasteiger partial charge >= 0.3 is 0 Å². The van der Waals surface area contributed by atoms with Crippen LogP contribution in [0.2, 0.25) is 0 Å². The normalized spacial score (nSPS) is 33.0. The van der Waals surface area contributed by atoms with E-state index in [1.54, 1.807) is 0 Å². The summed E-state index contributed by atoms with van der Waals surface area (Å²) < 4.78 is 0. The summed E-state index contributed by atoms with van der Waals surface area (Å²) in [5, 5.41) is 8.65. The van der Waals surface area contributed by atoms with E-state index in [2.05, 4.69) is 19.3 Å². The molecule has 2 nitrogen and oxygen atoms in total. The van der Waals surface area contributed by atoms with Crippen LogP contribution < -0.4 is 5.48 Å². The molecule has 0 radical (unpaired) electrons. The van der Waals surface area contributed by atoms with Crippen molar-refractivity contribution in [3.63, 3.8) is 0 Å². The summed E-state index contributed by atoms with van der Waals surface area (Å²) in [6.45, 7) is 4.38. The third-order valence-corrected chi connectivity index (χ3v) is 2.41. The Morgan fingerprint density at radius 2 is 2.22 bits per heavy atom. The van der Waals surface area contributed by atoms with Crippen molar-refractivity contribution >= 4 is 0 Å². The van der Waals surface area contributed by atoms with Gasteiger partial charge in [-0.25, -0.2) is 5.48 Å². The van der Waals surface area contributed by atoms with Crippen LogP contribution in [0.3, 0.4) is 0 Å². The predicted octanol–water partition coefficient (Wildman–Crippen LogP) is 1.54. The Kier molecular flexibility index (Phi) is 1.78. The Balaban J connectivity index is 2.52. The second-order valence-corrected chi connectivity index (χ2v) is 3.56. The van der Waals surface area contributed by atoms with Gasteiger partial charge in [0.2, 0.25) is 0 Å². The molecule has 0 bridgehead atoms. The van der Waals surface area contributed by atoms with Crippen LogP contribution in [0.5, 0.6) is 0 Å². The lowest BCUT2D eigenvalue weighted by atomic mass is 9.88. The van der Waals surface area contributed by atoms with Gasteiger partial charge in [0, 0.05) is 6.04 Å². The van der Waals surface area contributed by atoms with Crippen molar-refractivity contribution in [3.05, 3.63) is 0 Å². The zero-order chi connectivity index (χ0) is 6.91. The SMILES string of the molecule is CC1(C)CCCC1NO. The van der Waals surface area contributed by atoms with E-state index in [9.17, 15) is 0 Å². The Labute approximate surface area is 56.2 Å². The molecule has 0 aromatic carbocycles. The Hall–Kier alpha value is -0.0800. The number of hydrogen-bond donors (Lipinski definition) is 2. The standard InChI is InChI=1S/C7H15NO/c1-7(2)5-3-4-6(7)8-9/h6,8-9H,3-5H2,1-2H3. The van der Waals surface area contributed by atoms with E-state index in [1.165, 1.54) is 12.8 Å². The smallest absolute Gasteiger partial charge is 0.0370 e. The van der Waals surface area contributed by atoms with Gasteiger partial charge < -0.3 is 5.21 Å². The van der Waals surface area contributed by atoms with Crippen molar-refractivity contribution in [1.82, 2.24) is 5.48 Å². The third-order valence-electron chi connectivity index (χ3n) is 2.41. The number of hydroxylamine groups is 1. The van der Waals surface area contributed by atoms with Gasteiger partial charge in [-0.1, -0.05) is 20.3 Å². The second kappa shape index (κ2) is 2.27. The van der Waals surface area contributed by atoms with Crippen LogP contribution in [-0.2, 0) is 0 Å². The van der Waals surface area contributed by atoms with Crippen LogP contribution in [0.1, 0.15) is 33.1 Å². The molecule has 0 aromatic rings. The fourth-order valence-electron chi connectivity index (χ4n) is 1.57. The number of rotatable bonds is 1. The van der Waals surface area contributed by atoms with Crippen molar-refractivity contribution in [3.8, 4) is 0 Å². The largest absolute Gasteiger partial charge is 0.317 e. The maximum Gasteiger partial charge on any atom is 0.0370 e. The molecule has 0 spiro atoms. The second-order valence-electron chi connectivity index (χ2n) is 3.56. The fourth-order valence-corrected chi connectivity index (χ4v) is 1.57. The minimum absolute atomic E-state index is 0.300. The first-order valence-electron chi connectivity index (χ1n) is 3.56. The minimum Gasteiger partial charge on any atom is -0.317 e. The average Bonchev–Trinajstić information content (AvgIpc) is 2.08. The molecule has 0 aliphatic heterocycles. The van der Waals surface area contributed by atoms with E-state index in [0.29, 0.717) is 11.5 Å². The molecule has 54 valence electrons. The van der Waals surface area contributed by atoms with Gasteiger partial charge in [0.1, 0.15) is 0 Å². The van der Waals surface area contributed by atoms with Gasteiger partial charge in [-0.15, -0.1) is 0 Å². The maximum absolute atomic E-state index is 8.65. The van der Waals surface area contributed by atoms with Crippen LogP contribution in [0, 0.1) is 5.41 Å². The lowest BCUT2D eigenvalue weighted by Crippen LogP contribution is -2.35. The van der Waals surface area contributed by atoms with E-state index in [4.69, 9.17) is 5.21 Å². The fraction of sp³-hybridized carbons (Fsp3) is 1.00. The highest BCUT2D eigenvalue weighted by Crippen LogP contribution is 2.36. The molecule has 1 unspecified atom stereocenters. The predicted molar refractivity (Wildman–Crippen MR) is 36.3 cm³/mol. The topological polar surface area (TPSA) is 32.3 Å². The molecule has 1 aliphatic carbocycles. The number of hydrogen-bond acceptors (Lipinski definition) is 2. The zero-order valence-electron chi connectivity index (χ0n) is 6.15. The van der Waals surface area contributed by atoms with Crippen LogP contribution in [-0.4, -0.2) is 11.2 Å². The summed E-state index contributed by atoms with van der Waals surface area (Å²) >= 11 is 0. The molecule has 1 rings (SSSR count). The lowest BCUT2D eigenvalue weighted by molar-refractivity contribution is 0.0814. The van der Waals surface area contributed by atoms with Gasteiger partial charge in [-0.2, -0.15) is 0 Å². The molecule has 0 heterocycles. The summed E-state index contributed by atoms with van der Waals surface area (Å²) in [6, 6.07) is 0.317. The molecule has 1 fully saturated rings. The first kappa shape index (κ1) is 7.03. The molecule has 0 saturated heterocycles. The minimum atomic E-state index is 0.300. The van der Waals surface area contributed by atoms with Crippen LogP contribution in [0.4, 0.5) is 0 Å². The van der Waals surface area contributed by atoms with E-state index >= 15 is 0 Å².